The van der Waals surface area contributed by atoms with Gasteiger partial charge in [-0.15, -0.1) is 0 Å². The van der Waals surface area contributed by atoms with E-state index in [-0.39, 0.29) is 12.2 Å². The van der Waals surface area contributed by atoms with E-state index >= 15 is 0 Å². The van der Waals surface area contributed by atoms with Crippen molar-refractivity contribution in [3.05, 3.63) is 11.7 Å². The predicted octanol–water partition coefficient (Wildman–Crippen LogP) is 0.363. The van der Waals surface area contributed by atoms with Crippen LogP contribution >= 0.6 is 0 Å². The van der Waals surface area contributed by atoms with E-state index in [0.29, 0.717) is 25.3 Å². The van der Waals surface area contributed by atoms with Gasteiger partial charge in [0.2, 0.25) is 5.89 Å². The van der Waals surface area contributed by atoms with Crippen molar-refractivity contribution in [1.29, 1.82) is 0 Å². The molecule has 7 nitrogen and oxygen atoms in total. The minimum atomic E-state index is -0.833. The van der Waals surface area contributed by atoms with Crippen LogP contribution in [0, 0.1) is 6.92 Å². The summed E-state index contributed by atoms with van der Waals surface area (Å²) in [6.45, 7) is 2.00. The Bertz CT molecular complexity index is 375. The number of nitrogens with zero attached hydrogens (tertiary/aromatic N) is 2. The van der Waals surface area contributed by atoms with E-state index in [1.165, 1.54) is 0 Å². The molecule has 1 rings (SSSR count). The van der Waals surface area contributed by atoms with Gasteiger partial charge in [0.1, 0.15) is 0 Å². The third-order valence-corrected chi connectivity index (χ3v) is 1.83. The Kier molecular flexibility index (Phi) is 4.43. The van der Waals surface area contributed by atoms with Gasteiger partial charge in [-0.1, -0.05) is 5.16 Å². The number of hydrogen-bond acceptors (Lipinski definition) is 5. The molecule has 0 aliphatic carbocycles. The molecule has 0 unspecified atom stereocenters. The van der Waals surface area contributed by atoms with Gasteiger partial charge in [-0.25, -0.2) is 0 Å². The molecule has 0 spiro atoms. The lowest BCUT2D eigenvalue weighted by Crippen LogP contribution is -2.25. The molecule has 0 aromatic carbocycles. The van der Waals surface area contributed by atoms with E-state index in [4.69, 9.17) is 5.11 Å². The molecule has 0 atom stereocenters. The highest BCUT2D eigenvalue weighted by atomic mass is 16.5. The van der Waals surface area contributed by atoms with Crippen LogP contribution in [-0.4, -0.2) is 33.7 Å². The molecule has 1 heterocycles. The number of aliphatic carboxylic acids is 1. The summed E-state index contributed by atoms with van der Waals surface area (Å²) in [5, 5.41) is 14.4. The second-order valence-corrected chi connectivity index (χ2v) is 3.24. The number of carbonyl (C=O) groups excluding carboxylic acids is 1. The topological polar surface area (TPSA) is 105 Å². The van der Waals surface area contributed by atoms with E-state index in [1.54, 1.807) is 6.92 Å². The minimum Gasteiger partial charge on any atom is -0.481 e. The average Bonchev–Trinajstić information content (AvgIpc) is 2.63. The van der Waals surface area contributed by atoms with Crippen molar-refractivity contribution in [1.82, 2.24) is 15.5 Å². The van der Waals surface area contributed by atoms with Gasteiger partial charge >= 0.3 is 5.97 Å². The number of amides is 1. The second kappa shape index (κ2) is 5.84. The van der Waals surface area contributed by atoms with Crippen LogP contribution in [0.25, 0.3) is 0 Å². The van der Waals surface area contributed by atoms with Crippen LogP contribution in [0.15, 0.2) is 4.52 Å². The van der Waals surface area contributed by atoms with Crippen LogP contribution < -0.4 is 5.32 Å². The molecule has 0 aliphatic heterocycles. The smallest absolute Gasteiger partial charge is 0.303 e. The van der Waals surface area contributed by atoms with Gasteiger partial charge in [0.15, 0.2) is 0 Å². The van der Waals surface area contributed by atoms with E-state index < -0.39 is 11.9 Å². The molecule has 0 aliphatic rings. The molecule has 7 heteroatoms. The normalized spacial score (nSPS) is 10.1. The molecule has 1 aromatic heterocycles. The molecule has 0 saturated carbocycles. The molecule has 0 saturated heterocycles. The average molecular weight is 227 g/mol. The summed E-state index contributed by atoms with van der Waals surface area (Å²) in [5.74, 6) is -0.918. The molecule has 0 fully saturated rings. The quantitative estimate of drug-likeness (QED) is 0.680. The van der Waals surface area contributed by atoms with Gasteiger partial charge in [0, 0.05) is 19.9 Å². The zero-order chi connectivity index (χ0) is 12.0. The van der Waals surface area contributed by atoms with Gasteiger partial charge in [-0.05, 0) is 12.8 Å². The zero-order valence-electron chi connectivity index (χ0n) is 8.89. The van der Waals surface area contributed by atoms with Crippen LogP contribution in [0.2, 0.25) is 0 Å². The first-order valence-corrected chi connectivity index (χ1v) is 4.90. The monoisotopic (exact) mass is 227 g/mol. The van der Waals surface area contributed by atoms with Gasteiger partial charge in [-0.2, -0.15) is 4.98 Å². The highest BCUT2D eigenvalue weighted by Gasteiger charge is 2.11. The van der Waals surface area contributed by atoms with Crippen LogP contribution in [0.4, 0.5) is 0 Å². The SMILES string of the molecule is Cc1nc(C(=O)NCCCCC(=O)O)no1. The molecule has 2 N–H and O–H groups in total. The number of nitrogens with one attached hydrogen (secondary N) is 1. The van der Waals surface area contributed by atoms with Gasteiger partial charge < -0.3 is 14.9 Å². The van der Waals surface area contributed by atoms with Crippen molar-refractivity contribution in [3.8, 4) is 0 Å². The first-order chi connectivity index (χ1) is 7.59. The van der Waals surface area contributed by atoms with Crippen molar-refractivity contribution in [3.63, 3.8) is 0 Å². The Balaban J connectivity index is 2.18. The Morgan fingerprint density at radius 3 is 2.75 bits per heavy atom. The van der Waals surface area contributed by atoms with E-state index in [1.807, 2.05) is 0 Å². The summed E-state index contributed by atoms with van der Waals surface area (Å²) >= 11 is 0. The first-order valence-electron chi connectivity index (χ1n) is 4.90. The van der Waals surface area contributed by atoms with Crippen LogP contribution in [0.3, 0.4) is 0 Å². The fourth-order valence-corrected chi connectivity index (χ4v) is 1.07. The maximum absolute atomic E-state index is 11.3. The molecular formula is C9H13N3O4. The maximum Gasteiger partial charge on any atom is 0.303 e. The van der Waals surface area contributed by atoms with Crippen molar-refractivity contribution < 1.29 is 19.2 Å². The number of carbonyl (C=O) groups is 2. The minimum absolute atomic E-state index is 0.00395. The Hall–Kier alpha value is -1.92. The summed E-state index contributed by atoms with van der Waals surface area (Å²) in [6.07, 6.45) is 1.24. The summed E-state index contributed by atoms with van der Waals surface area (Å²) in [7, 11) is 0. The lowest BCUT2D eigenvalue weighted by Gasteiger charge is -2.00. The third kappa shape index (κ3) is 4.07. The third-order valence-electron chi connectivity index (χ3n) is 1.83. The lowest BCUT2D eigenvalue weighted by molar-refractivity contribution is -0.137. The number of carboxylic acids is 1. The highest BCUT2D eigenvalue weighted by molar-refractivity contribution is 5.90. The fraction of sp³-hybridized carbons (Fsp3) is 0.556. The zero-order valence-corrected chi connectivity index (χ0v) is 8.89. The van der Waals surface area contributed by atoms with E-state index in [0.717, 1.165) is 0 Å². The number of unbranched alkanes of at least 4 members (excludes halogenated alkanes) is 1. The summed E-state index contributed by atoms with van der Waals surface area (Å²) < 4.78 is 4.64. The first kappa shape index (κ1) is 12.2. The standard InChI is InChI=1S/C9H13N3O4/c1-6-11-8(12-16-6)9(15)10-5-3-2-4-7(13)14/h2-5H2,1H3,(H,10,15)(H,13,14). The van der Waals surface area contributed by atoms with Crippen molar-refractivity contribution in [2.24, 2.45) is 0 Å². The van der Waals surface area contributed by atoms with Crippen LogP contribution in [0.1, 0.15) is 35.8 Å². The van der Waals surface area contributed by atoms with Gasteiger partial charge in [0.25, 0.3) is 11.7 Å². The summed E-state index contributed by atoms with van der Waals surface area (Å²) in [6, 6.07) is 0. The molecular weight excluding hydrogens is 214 g/mol. The number of aryl methyl sites for hydroxylation is 1. The Labute approximate surface area is 91.8 Å². The van der Waals surface area contributed by atoms with Crippen LogP contribution in [0.5, 0.6) is 0 Å². The fourth-order valence-electron chi connectivity index (χ4n) is 1.07. The predicted molar refractivity (Wildman–Crippen MR) is 52.9 cm³/mol. The summed E-state index contributed by atoms with van der Waals surface area (Å²) in [4.78, 5) is 25.3. The van der Waals surface area contributed by atoms with Crippen molar-refractivity contribution in [2.75, 3.05) is 6.54 Å². The molecule has 16 heavy (non-hydrogen) atoms. The lowest BCUT2D eigenvalue weighted by atomic mass is 10.2. The maximum atomic E-state index is 11.3. The molecule has 0 bridgehead atoms. The second-order valence-electron chi connectivity index (χ2n) is 3.24. The summed E-state index contributed by atoms with van der Waals surface area (Å²) in [5.41, 5.74) is 0. The number of rotatable bonds is 6. The largest absolute Gasteiger partial charge is 0.481 e. The Morgan fingerprint density at radius 2 is 2.19 bits per heavy atom. The van der Waals surface area contributed by atoms with E-state index in [2.05, 4.69) is 20.0 Å². The molecule has 0 radical (unpaired) electrons. The van der Waals surface area contributed by atoms with Gasteiger partial charge in [0.05, 0.1) is 0 Å². The van der Waals surface area contributed by atoms with Crippen molar-refractivity contribution >= 4 is 11.9 Å². The van der Waals surface area contributed by atoms with Crippen molar-refractivity contribution in [2.45, 2.75) is 26.2 Å². The van der Waals surface area contributed by atoms with Gasteiger partial charge in [-0.3, -0.25) is 9.59 Å². The van der Waals surface area contributed by atoms with E-state index in [9.17, 15) is 9.59 Å². The molecule has 1 aromatic rings. The molecule has 88 valence electrons. The molecule has 1 amide bonds. The number of hydrogen-bond donors (Lipinski definition) is 2. The number of aromatic nitrogens is 2. The number of carboxylic acid groups (broad SMARTS) is 1. The van der Waals surface area contributed by atoms with Crippen LogP contribution in [-0.2, 0) is 4.79 Å². The Morgan fingerprint density at radius 1 is 1.44 bits per heavy atom. The highest BCUT2D eigenvalue weighted by Crippen LogP contribution is 1.96.